The number of hydrogen-bond acceptors (Lipinski definition) is 3. The molecule has 1 aromatic heterocycles. The standard InChI is InChI=1S/C15H15ClN2O2/c1-9-4-6-11(16)10-5-7-13(17-14(9)10)18-8-2-3-12(18)15(19)20/h4-7,12H,2-3,8H2,1H3,(H,19,20). The van der Waals surface area contributed by atoms with E-state index in [1.54, 1.807) is 0 Å². The summed E-state index contributed by atoms with van der Waals surface area (Å²) in [7, 11) is 0. The van der Waals surface area contributed by atoms with Gasteiger partial charge in [-0.05, 0) is 43.5 Å². The molecule has 1 saturated heterocycles. The van der Waals surface area contributed by atoms with Crippen LogP contribution in [0.5, 0.6) is 0 Å². The molecule has 20 heavy (non-hydrogen) atoms. The minimum Gasteiger partial charge on any atom is -0.480 e. The summed E-state index contributed by atoms with van der Waals surface area (Å²) in [6.45, 7) is 2.71. The minimum absolute atomic E-state index is 0.473. The highest BCUT2D eigenvalue weighted by atomic mass is 35.5. The van der Waals surface area contributed by atoms with E-state index in [0.717, 1.165) is 29.4 Å². The second kappa shape index (κ2) is 4.94. The number of hydrogen-bond donors (Lipinski definition) is 1. The average molecular weight is 291 g/mol. The molecule has 4 nitrogen and oxygen atoms in total. The fourth-order valence-electron chi connectivity index (χ4n) is 2.77. The summed E-state index contributed by atoms with van der Waals surface area (Å²) in [6.07, 6.45) is 1.55. The molecule has 1 aromatic carbocycles. The molecule has 0 spiro atoms. The van der Waals surface area contributed by atoms with Gasteiger partial charge in [-0.15, -0.1) is 0 Å². The number of rotatable bonds is 2. The highest BCUT2D eigenvalue weighted by Gasteiger charge is 2.31. The molecule has 104 valence electrons. The van der Waals surface area contributed by atoms with E-state index in [0.29, 0.717) is 17.3 Å². The van der Waals surface area contributed by atoms with Crippen LogP contribution in [0.4, 0.5) is 5.82 Å². The van der Waals surface area contributed by atoms with Crippen LogP contribution in [0.2, 0.25) is 5.02 Å². The number of aromatic nitrogens is 1. The molecule has 0 saturated carbocycles. The average Bonchev–Trinajstić information content (AvgIpc) is 2.92. The van der Waals surface area contributed by atoms with Crippen LogP contribution in [0.1, 0.15) is 18.4 Å². The van der Waals surface area contributed by atoms with Crippen molar-refractivity contribution in [3.05, 3.63) is 34.9 Å². The summed E-state index contributed by atoms with van der Waals surface area (Å²) in [6, 6.07) is 7.09. The Balaban J connectivity index is 2.09. The fraction of sp³-hybridized carbons (Fsp3) is 0.333. The van der Waals surface area contributed by atoms with Crippen LogP contribution in [0, 0.1) is 6.92 Å². The normalized spacial score (nSPS) is 18.7. The number of benzene rings is 1. The lowest BCUT2D eigenvalue weighted by atomic mass is 10.1. The van der Waals surface area contributed by atoms with Crippen molar-refractivity contribution in [1.82, 2.24) is 4.98 Å². The molecule has 0 bridgehead atoms. The van der Waals surface area contributed by atoms with E-state index in [9.17, 15) is 9.90 Å². The van der Waals surface area contributed by atoms with Gasteiger partial charge in [0.15, 0.2) is 0 Å². The molecule has 1 aliphatic rings. The zero-order valence-electron chi connectivity index (χ0n) is 11.1. The van der Waals surface area contributed by atoms with Gasteiger partial charge in [0.05, 0.1) is 5.52 Å². The molecule has 0 aliphatic carbocycles. The Hall–Kier alpha value is -1.81. The Morgan fingerprint density at radius 2 is 2.20 bits per heavy atom. The number of aryl methyl sites for hydroxylation is 1. The second-order valence-corrected chi connectivity index (χ2v) is 5.53. The van der Waals surface area contributed by atoms with E-state index in [1.165, 1.54) is 0 Å². The van der Waals surface area contributed by atoms with Gasteiger partial charge in [-0.3, -0.25) is 0 Å². The van der Waals surface area contributed by atoms with Crippen molar-refractivity contribution >= 4 is 34.3 Å². The fourth-order valence-corrected chi connectivity index (χ4v) is 2.98. The molecular weight excluding hydrogens is 276 g/mol. The molecular formula is C15H15ClN2O2. The first-order chi connectivity index (χ1) is 9.58. The molecule has 1 fully saturated rings. The van der Waals surface area contributed by atoms with Gasteiger partial charge < -0.3 is 10.0 Å². The van der Waals surface area contributed by atoms with Gasteiger partial charge in [0, 0.05) is 17.0 Å². The second-order valence-electron chi connectivity index (χ2n) is 5.12. The van der Waals surface area contributed by atoms with Crippen LogP contribution in [0.15, 0.2) is 24.3 Å². The van der Waals surface area contributed by atoms with E-state index in [-0.39, 0.29) is 0 Å². The van der Waals surface area contributed by atoms with Crippen LogP contribution in [-0.4, -0.2) is 28.6 Å². The topological polar surface area (TPSA) is 53.4 Å². The van der Waals surface area contributed by atoms with Gasteiger partial charge >= 0.3 is 5.97 Å². The molecule has 1 unspecified atom stereocenters. The van der Waals surface area contributed by atoms with Gasteiger partial charge in [-0.2, -0.15) is 0 Å². The lowest BCUT2D eigenvalue weighted by molar-refractivity contribution is -0.138. The number of pyridine rings is 1. The van der Waals surface area contributed by atoms with Crippen LogP contribution in [0.3, 0.4) is 0 Å². The zero-order valence-corrected chi connectivity index (χ0v) is 11.9. The van der Waals surface area contributed by atoms with Gasteiger partial charge in [-0.25, -0.2) is 9.78 Å². The summed E-state index contributed by atoms with van der Waals surface area (Å²) in [5, 5.41) is 10.8. The first-order valence-corrected chi connectivity index (χ1v) is 7.01. The van der Waals surface area contributed by atoms with Crippen molar-refractivity contribution in [2.24, 2.45) is 0 Å². The van der Waals surface area contributed by atoms with Crippen molar-refractivity contribution in [2.75, 3.05) is 11.4 Å². The number of aliphatic carboxylic acids is 1. The first-order valence-electron chi connectivity index (χ1n) is 6.63. The number of anilines is 1. The van der Waals surface area contributed by atoms with Crippen LogP contribution >= 0.6 is 11.6 Å². The molecule has 1 atom stereocenters. The first kappa shape index (κ1) is 13.2. The Morgan fingerprint density at radius 1 is 1.40 bits per heavy atom. The third-order valence-corrected chi connectivity index (χ3v) is 4.15. The number of halogens is 1. The molecule has 1 N–H and O–H groups in total. The maximum atomic E-state index is 11.3. The minimum atomic E-state index is -0.785. The van der Waals surface area contributed by atoms with Crippen LogP contribution in [0.25, 0.3) is 10.9 Å². The van der Waals surface area contributed by atoms with Crippen molar-refractivity contribution in [3.8, 4) is 0 Å². The maximum absolute atomic E-state index is 11.3. The predicted molar refractivity (Wildman–Crippen MR) is 79.5 cm³/mol. The third kappa shape index (κ3) is 2.10. The highest BCUT2D eigenvalue weighted by molar-refractivity contribution is 6.35. The third-order valence-electron chi connectivity index (χ3n) is 3.82. The monoisotopic (exact) mass is 290 g/mol. The van der Waals surface area contributed by atoms with E-state index < -0.39 is 12.0 Å². The quantitative estimate of drug-likeness (QED) is 0.922. The van der Waals surface area contributed by atoms with Gasteiger partial charge in [0.25, 0.3) is 0 Å². The van der Waals surface area contributed by atoms with E-state index in [4.69, 9.17) is 11.6 Å². The Kier molecular flexibility index (Phi) is 3.26. The van der Waals surface area contributed by atoms with Gasteiger partial charge in [0.1, 0.15) is 11.9 Å². The van der Waals surface area contributed by atoms with Crippen molar-refractivity contribution in [1.29, 1.82) is 0 Å². The summed E-state index contributed by atoms with van der Waals surface area (Å²) in [5.74, 6) is -0.0695. The zero-order chi connectivity index (χ0) is 14.3. The van der Waals surface area contributed by atoms with Crippen molar-refractivity contribution in [3.63, 3.8) is 0 Å². The smallest absolute Gasteiger partial charge is 0.326 e. The molecule has 0 radical (unpaired) electrons. The number of carboxylic acids is 1. The summed E-state index contributed by atoms with van der Waals surface area (Å²) >= 11 is 6.17. The Morgan fingerprint density at radius 3 is 2.95 bits per heavy atom. The Labute approximate surface area is 122 Å². The van der Waals surface area contributed by atoms with Gasteiger partial charge in [0.2, 0.25) is 0 Å². The maximum Gasteiger partial charge on any atom is 0.326 e. The van der Waals surface area contributed by atoms with Gasteiger partial charge in [-0.1, -0.05) is 17.7 Å². The van der Waals surface area contributed by atoms with E-state index in [1.807, 2.05) is 36.1 Å². The lowest BCUT2D eigenvalue weighted by Gasteiger charge is -2.23. The number of fused-ring (bicyclic) bond motifs is 1. The largest absolute Gasteiger partial charge is 0.480 e. The molecule has 1 aliphatic heterocycles. The molecule has 2 aromatic rings. The summed E-state index contributed by atoms with van der Waals surface area (Å²) in [4.78, 5) is 17.8. The number of carboxylic acid groups (broad SMARTS) is 1. The lowest BCUT2D eigenvalue weighted by Crippen LogP contribution is -2.36. The number of carbonyl (C=O) groups is 1. The van der Waals surface area contributed by atoms with Crippen molar-refractivity contribution < 1.29 is 9.90 Å². The van der Waals surface area contributed by atoms with E-state index in [2.05, 4.69) is 4.98 Å². The molecule has 2 heterocycles. The molecule has 0 amide bonds. The summed E-state index contributed by atoms with van der Waals surface area (Å²) < 4.78 is 0. The SMILES string of the molecule is Cc1ccc(Cl)c2ccc(N3CCCC3C(=O)O)nc12. The summed E-state index contributed by atoms with van der Waals surface area (Å²) in [5.41, 5.74) is 1.88. The van der Waals surface area contributed by atoms with Crippen LogP contribution < -0.4 is 4.90 Å². The molecule has 3 rings (SSSR count). The molecule has 5 heteroatoms. The number of nitrogens with zero attached hydrogens (tertiary/aromatic N) is 2. The predicted octanol–water partition coefficient (Wildman–Crippen LogP) is 3.25. The Bertz CT molecular complexity index is 687. The highest BCUT2D eigenvalue weighted by Crippen LogP contribution is 2.30. The van der Waals surface area contributed by atoms with E-state index >= 15 is 0 Å². The van der Waals surface area contributed by atoms with Crippen LogP contribution in [-0.2, 0) is 4.79 Å². The van der Waals surface area contributed by atoms with Crippen molar-refractivity contribution in [2.45, 2.75) is 25.8 Å².